The Hall–Kier alpha value is -1.02. The Labute approximate surface area is 92.5 Å². The normalized spacial score (nSPS) is 13.1. The van der Waals surface area contributed by atoms with Crippen LogP contribution in [0.4, 0.5) is 0 Å². The van der Waals surface area contributed by atoms with Crippen LogP contribution in [0.15, 0.2) is 18.2 Å². The van der Waals surface area contributed by atoms with Crippen LogP contribution in [-0.4, -0.2) is 24.1 Å². The molecule has 0 aromatic heterocycles. The lowest BCUT2D eigenvalue weighted by molar-refractivity contribution is 0.383. The molecule has 15 heavy (non-hydrogen) atoms. The summed E-state index contributed by atoms with van der Waals surface area (Å²) in [5.74, 6) is 0.896. The Kier molecular flexibility index (Phi) is 4.15. The fraction of sp³-hybridized carbons (Fsp3) is 0.538. The molecule has 1 aromatic carbocycles. The van der Waals surface area contributed by atoms with E-state index in [1.165, 1.54) is 0 Å². The summed E-state index contributed by atoms with van der Waals surface area (Å²) in [6.07, 6.45) is 1.05. The van der Waals surface area contributed by atoms with Crippen LogP contribution in [0.25, 0.3) is 0 Å². The van der Waals surface area contributed by atoms with Gasteiger partial charge in [-0.3, -0.25) is 0 Å². The highest BCUT2D eigenvalue weighted by atomic mass is 16.3. The van der Waals surface area contributed by atoms with Crippen LogP contribution in [-0.2, 0) is 6.54 Å². The van der Waals surface area contributed by atoms with Crippen LogP contribution in [0.5, 0.6) is 5.75 Å². The summed E-state index contributed by atoms with van der Waals surface area (Å²) in [6.45, 7) is 5.08. The molecule has 1 atom stereocenters. The van der Waals surface area contributed by atoms with Crippen LogP contribution < -0.4 is 0 Å². The molecule has 0 aliphatic carbocycles. The Morgan fingerprint density at radius 2 is 2.00 bits per heavy atom. The minimum atomic E-state index is 0.423. The van der Waals surface area contributed by atoms with E-state index in [0.717, 1.165) is 24.1 Å². The lowest BCUT2D eigenvalue weighted by Gasteiger charge is -2.16. The second-order valence-electron chi connectivity index (χ2n) is 4.40. The molecule has 84 valence electrons. The molecule has 0 spiro atoms. The minimum Gasteiger partial charge on any atom is -0.507 e. The number of para-hydroxylation sites is 1. The number of rotatable bonds is 4. The second-order valence-corrected chi connectivity index (χ2v) is 4.40. The van der Waals surface area contributed by atoms with Crippen molar-refractivity contribution in [3.8, 4) is 5.75 Å². The van der Waals surface area contributed by atoms with Gasteiger partial charge in [0.25, 0.3) is 0 Å². The molecule has 0 heterocycles. The number of phenols is 1. The van der Waals surface area contributed by atoms with Crippen molar-refractivity contribution >= 4 is 0 Å². The molecular weight excluding hydrogens is 186 g/mol. The van der Waals surface area contributed by atoms with E-state index in [1.54, 1.807) is 0 Å². The lowest BCUT2D eigenvalue weighted by Crippen LogP contribution is -2.11. The molecule has 0 saturated heterocycles. The Morgan fingerprint density at radius 3 is 2.53 bits per heavy atom. The number of aromatic hydroxyl groups is 1. The molecule has 0 amide bonds. The van der Waals surface area contributed by atoms with Crippen molar-refractivity contribution in [2.75, 3.05) is 14.1 Å². The average Bonchev–Trinajstić information content (AvgIpc) is 2.19. The standard InChI is InChI=1S/C13H21NO/c1-5-10(2)12-8-6-7-11(13(12)15)9-14(3)4/h6-8,10,15H,5,9H2,1-4H3. The average molecular weight is 207 g/mol. The topological polar surface area (TPSA) is 23.5 Å². The zero-order valence-electron chi connectivity index (χ0n) is 10.1. The van der Waals surface area contributed by atoms with Crippen LogP contribution in [0.1, 0.15) is 37.3 Å². The monoisotopic (exact) mass is 207 g/mol. The fourth-order valence-electron chi connectivity index (χ4n) is 1.70. The van der Waals surface area contributed by atoms with E-state index in [4.69, 9.17) is 0 Å². The quantitative estimate of drug-likeness (QED) is 0.820. The molecule has 0 bridgehead atoms. The number of benzene rings is 1. The molecule has 0 saturated carbocycles. The van der Waals surface area contributed by atoms with Crippen molar-refractivity contribution in [3.63, 3.8) is 0 Å². The number of phenolic OH excluding ortho intramolecular Hbond substituents is 1. The van der Waals surface area contributed by atoms with Gasteiger partial charge in [-0.2, -0.15) is 0 Å². The van der Waals surface area contributed by atoms with Gasteiger partial charge in [0, 0.05) is 12.1 Å². The van der Waals surface area contributed by atoms with E-state index >= 15 is 0 Å². The first-order chi connectivity index (χ1) is 7.06. The van der Waals surface area contributed by atoms with Crippen LogP contribution in [0, 0.1) is 0 Å². The smallest absolute Gasteiger partial charge is 0.123 e. The Morgan fingerprint density at radius 1 is 1.33 bits per heavy atom. The van der Waals surface area contributed by atoms with Crippen molar-refractivity contribution in [1.29, 1.82) is 0 Å². The first-order valence-electron chi connectivity index (χ1n) is 5.51. The summed E-state index contributed by atoms with van der Waals surface area (Å²) in [7, 11) is 4.02. The van der Waals surface area contributed by atoms with Crippen molar-refractivity contribution in [2.45, 2.75) is 32.7 Å². The maximum absolute atomic E-state index is 10.1. The molecule has 1 rings (SSSR count). The van der Waals surface area contributed by atoms with Gasteiger partial charge < -0.3 is 10.0 Å². The maximum atomic E-state index is 10.1. The van der Waals surface area contributed by atoms with Crippen molar-refractivity contribution < 1.29 is 5.11 Å². The SMILES string of the molecule is CCC(C)c1cccc(CN(C)C)c1O. The van der Waals surface area contributed by atoms with Crippen LogP contribution in [0.3, 0.4) is 0 Å². The molecule has 1 unspecified atom stereocenters. The van der Waals surface area contributed by atoms with Gasteiger partial charge in [-0.25, -0.2) is 0 Å². The highest BCUT2D eigenvalue weighted by Crippen LogP contribution is 2.31. The summed E-state index contributed by atoms with van der Waals surface area (Å²) in [4.78, 5) is 2.06. The van der Waals surface area contributed by atoms with Gasteiger partial charge in [0.1, 0.15) is 5.75 Å². The summed E-state index contributed by atoms with van der Waals surface area (Å²) in [6, 6.07) is 6.03. The second kappa shape index (κ2) is 5.17. The largest absolute Gasteiger partial charge is 0.507 e. The third-order valence-corrected chi connectivity index (χ3v) is 2.78. The maximum Gasteiger partial charge on any atom is 0.123 e. The highest BCUT2D eigenvalue weighted by Gasteiger charge is 2.11. The van der Waals surface area contributed by atoms with E-state index in [1.807, 2.05) is 32.3 Å². The molecular formula is C13H21NO. The predicted octanol–water partition coefficient (Wildman–Crippen LogP) is 2.97. The number of nitrogens with zero attached hydrogens (tertiary/aromatic N) is 1. The zero-order chi connectivity index (χ0) is 11.4. The molecule has 0 radical (unpaired) electrons. The third-order valence-electron chi connectivity index (χ3n) is 2.78. The van der Waals surface area contributed by atoms with Crippen molar-refractivity contribution in [2.24, 2.45) is 0 Å². The number of hydrogen-bond donors (Lipinski definition) is 1. The van der Waals surface area contributed by atoms with Gasteiger partial charge in [-0.05, 0) is 32.0 Å². The third kappa shape index (κ3) is 2.96. The first-order valence-corrected chi connectivity index (χ1v) is 5.51. The van der Waals surface area contributed by atoms with E-state index in [9.17, 15) is 5.11 Å². The lowest BCUT2D eigenvalue weighted by atomic mass is 9.95. The molecule has 0 fully saturated rings. The van der Waals surface area contributed by atoms with Gasteiger partial charge in [0.05, 0.1) is 0 Å². The van der Waals surface area contributed by atoms with Crippen LogP contribution in [0.2, 0.25) is 0 Å². The summed E-state index contributed by atoms with van der Waals surface area (Å²) in [5, 5.41) is 10.1. The van der Waals surface area contributed by atoms with E-state index in [-0.39, 0.29) is 0 Å². The van der Waals surface area contributed by atoms with Gasteiger partial charge in [-0.15, -0.1) is 0 Å². The molecule has 0 aliphatic rings. The fourth-order valence-corrected chi connectivity index (χ4v) is 1.70. The van der Waals surface area contributed by atoms with E-state index < -0.39 is 0 Å². The van der Waals surface area contributed by atoms with Gasteiger partial charge in [0.15, 0.2) is 0 Å². The molecule has 2 nitrogen and oxygen atoms in total. The summed E-state index contributed by atoms with van der Waals surface area (Å²) in [5.41, 5.74) is 2.08. The van der Waals surface area contributed by atoms with Gasteiger partial charge in [-0.1, -0.05) is 32.0 Å². The summed E-state index contributed by atoms with van der Waals surface area (Å²) < 4.78 is 0. The zero-order valence-corrected chi connectivity index (χ0v) is 10.1. The summed E-state index contributed by atoms with van der Waals surface area (Å²) >= 11 is 0. The van der Waals surface area contributed by atoms with Crippen LogP contribution >= 0.6 is 0 Å². The van der Waals surface area contributed by atoms with E-state index in [2.05, 4.69) is 18.7 Å². The molecule has 1 N–H and O–H groups in total. The first kappa shape index (κ1) is 12.1. The van der Waals surface area contributed by atoms with E-state index in [0.29, 0.717) is 11.7 Å². The highest BCUT2D eigenvalue weighted by molar-refractivity contribution is 5.42. The van der Waals surface area contributed by atoms with Crippen molar-refractivity contribution in [1.82, 2.24) is 4.90 Å². The molecule has 0 aliphatic heterocycles. The Balaban J connectivity index is 3.00. The van der Waals surface area contributed by atoms with Gasteiger partial charge in [0.2, 0.25) is 0 Å². The Bertz CT molecular complexity index is 320. The number of hydrogen-bond acceptors (Lipinski definition) is 2. The van der Waals surface area contributed by atoms with Gasteiger partial charge >= 0.3 is 0 Å². The van der Waals surface area contributed by atoms with Crippen molar-refractivity contribution in [3.05, 3.63) is 29.3 Å². The molecule has 1 aromatic rings. The predicted molar refractivity (Wildman–Crippen MR) is 64.2 cm³/mol. The minimum absolute atomic E-state index is 0.423. The molecule has 2 heteroatoms.